The van der Waals surface area contributed by atoms with Gasteiger partial charge in [0, 0.05) is 23.5 Å². The second-order valence-electron chi connectivity index (χ2n) is 7.71. The third kappa shape index (κ3) is 5.86. The zero-order valence-corrected chi connectivity index (χ0v) is 19.2. The van der Waals surface area contributed by atoms with Crippen LogP contribution in [0.2, 0.25) is 0 Å². The molecule has 40 heavy (non-hydrogen) atoms. The van der Waals surface area contributed by atoms with Gasteiger partial charge in [-0.3, -0.25) is 14.6 Å². The number of carbonyl (C=O) groups is 2. The lowest BCUT2D eigenvalue weighted by Gasteiger charge is -2.31. The van der Waals surface area contributed by atoms with Crippen LogP contribution in [-0.4, -0.2) is 40.9 Å². The molecule has 0 spiro atoms. The molecule has 17 heteroatoms. The maximum atomic E-state index is 15.0. The van der Waals surface area contributed by atoms with Crippen molar-refractivity contribution < 1.29 is 63.3 Å². The number of anilines is 2. The predicted molar refractivity (Wildman–Crippen MR) is 116 cm³/mol. The van der Waals surface area contributed by atoms with E-state index in [2.05, 4.69) is 15.0 Å². The normalized spacial score (nSPS) is 12.3. The van der Waals surface area contributed by atoms with Gasteiger partial charge in [-0.05, 0) is 36.4 Å². The fraction of sp³-hybridized carbons (Fsp3) is 0.174. The standard InChI is InChI=1S/C23H13F10N3O4/c24-16-12(2-1-3-13(16)35-18(38)10-4-6-34-7-5-10)19(39)36-17-14(37)8-11(9-15(17)40-20(25)26)21(27,22(28,29)30)23(31,32)33/h1-9,20,37H,(H,35,38)(H,36,39). The van der Waals surface area contributed by atoms with E-state index in [9.17, 15) is 58.6 Å². The molecule has 3 aromatic rings. The fourth-order valence-electron chi connectivity index (χ4n) is 3.28. The van der Waals surface area contributed by atoms with Crippen LogP contribution in [0.5, 0.6) is 11.5 Å². The lowest BCUT2D eigenvalue weighted by molar-refractivity contribution is -0.348. The summed E-state index contributed by atoms with van der Waals surface area (Å²) in [4.78, 5) is 28.6. The number of hydrogen-bond acceptors (Lipinski definition) is 5. The first-order valence-corrected chi connectivity index (χ1v) is 10.4. The molecule has 0 saturated carbocycles. The third-order valence-corrected chi connectivity index (χ3v) is 5.15. The lowest BCUT2D eigenvalue weighted by Crippen LogP contribution is -2.50. The summed E-state index contributed by atoms with van der Waals surface area (Å²) in [7, 11) is 0. The highest BCUT2D eigenvalue weighted by Gasteiger charge is 2.73. The first-order chi connectivity index (χ1) is 18.5. The SMILES string of the molecule is O=C(Nc1cccc(C(=O)Nc2c(O)cc(C(F)(C(F)(F)F)C(F)(F)F)cc2OC(F)F)c1F)c1ccncc1. The topological polar surface area (TPSA) is 101 Å². The number of alkyl halides is 9. The van der Waals surface area contributed by atoms with Gasteiger partial charge in [0.15, 0.2) is 11.6 Å². The molecule has 0 unspecified atom stereocenters. The summed E-state index contributed by atoms with van der Waals surface area (Å²) in [6, 6.07) is 4.52. The van der Waals surface area contributed by atoms with Crippen molar-refractivity contribution in [3.63, 3.8) is 0 Å². The molecule has 0 saturated heterocycles. The number of benzene rings is 2. The van der Waals surface area contributed by atoms with Crippen molar-refractivity contribution in [3.05, 3.63) is 77.4 Å². The number of hydrogen-bond donors (Lipinski definition) is 3. The molecule has 0 aliphatic rings. The molecule has 0 bridgehead atoms. The molecular weight excluding hydrogens is 572 g/mol. The summed E-state index contributed by atoms with van der Waals surface area (Å²) >= 11 is 0. The van der Waals surface area contributed by atoms with Gasteiger partial charge >= 0.3 is 24.6 Å². The summed E-state index contributed by atoms with van der Waals surface area (Å²) in [5.41, 5.74) is -11.4. The van der Waals surface area contributed by atoms with E-state index in [1.807, 2.05) is 0 Å². The zero-order valence-electron chi connectivity index (χ0n) is 19.2. The summed E-state index contributed by atoms with van der Waals surface area (Å²) in [5.74, 6) is -7.32. The van der Waals surface area contributed by atoms with Crippen molar-refractivity contribution in [1.29, 1.82) is 0 Å². The van der Waals surface area contributed by atoms with E-state index >= 15 is 0 Å². The molecule has 0 fully saturated rings. The van der Waals surface area contributed by atoms with Crippen LogP contribution < -0.4 is 15.4 Å². The van der Waals surface area contributed by atoms with Gasteiger partial charge in [0.2, 0.25) is 0 Å². The second-order valence-corrected chi connectivity index (χ2v) is 7.71. The number of rotatable bonds is 7. The zero-order chi connectivity index (χ0) is 30.0. The van der Waals surface area contributed by atoms with Crippen LogP contribution in [0.15, 0.2) is 54.9 Å². The number of carbonyl (C=O) groups excluding carboxylic acids is 2. The number of nitrogens with one attached hydrogen (secondary N) is 2. The number of nitrogens with zero attached hydrogens (tertiary/aromatic N) is 1. The van der Waals surface area contributed by atoms with Crippen LogP contribution in [0.1, 0.15) is 26.3 Å². The molecule has 214 valence electrons. The number of ether oxygens (including phenoxy) is 1. The average Bonchev–Trinajstić information content (AvgIpc) is 2.85. The maximum absolute atomic E-state index is 15.0. The fourth-order valence-corrected chi connectivity index (χ4v) is 3.28. The van der Waals surface area contributed by atoms with E-state index in [1.54, 1.807) is 5.32 Å². The quantitative estimate of drug-likeness (QED) is 0.223. The molecule has 1 heterocycles. The summed E-state index contributed by atoms with van der Waals surface area (Å²) in [6.45, 7) is -3.94. The Labute approximate surface area is 216 Å². The highest BCUT2D eigenvalue weighted by atomic mass is 19.4. The van der Waals surface area contributed by atoms with Crippen molar-refractivity contribution >= 4 is 23.2 Å². The van der Waals surface area contributed by atoms with E-state index in [-0.39, 0.29) is 5.56 Å². The molecule has 7 nitrogen and oxygen atoms in total. The molecule has 3 N–H and O–H groups in total. The van der Waals surface area contributed by atoms with Crippen LogP contribution >= 0.6 is 0 Å². The Kier molecular flexibility index (Phi) is 8.16. The van der Waals surface area contributed by atoms with Crippen molar-refractivity contribution in [2.45, 2.75) is 24.6 Å². The van der Waals surface area contributed by atoms with Gasteiger partial charge in [0.25, 0.3) is 11.8 Å². The minimum absolute atomic E-state index is 0.0321. The smallest absolute Gasteiger partial charge is 0.435 e. The van der Waals surface area contributed by atoms with Crippen molar-refractivity contribution in [2.75, 3.05) is 10.6 Å². The molecule has 0 aliphatic carbocycles. The number of amides is 2. The van der Waals surface area contributed by atoms with E-state index in [0.717, 1.165) is 18.2 Å². The minimum Gasteiger partial charge on any atom is -0.506 e. The first kappa shape index (κ1) is 30.0. The van der Waals surface area contributed by atoms with E-state index in [0.29, 0.717) is 0 Å². The average molecular weight is 585 g/mol. The van der Waals surface area contributed by atoms with E-state index < -0.39 is 88.4 Å². The van der Waals surface area contributed by atoms with Crippen molar-refractivity contribution in [2.24, 2.45) is 0 Å². The summed E-state index contributed by atoms with van der Waals surface area (Å²) < 4.78 is 138. The number of pyridine rings is 1. The summed E-state index contributed by atoms with van der Waals surface area (Å²) in [5, 5.41) is 13.8. The molecule has 2 aromatic carbocycles. The Hall–Kier alpha value is -4.57. The molecular formula is C23H13F10N3O4. The highest BCUT2D eigenvalue weighted by molar-refractivity contribution is 6.08. The van der Waals surface area contributed by atoms with E-state index in [4.69, 9.17) is 0 Å². The Morgan fingerprint density at radius 2 is 1.48 bits per heavy atom. The van der Waals surface area contributed by atoms with Crippen molar-refractivity contribution in [3.8, 4) is 11.5 Å². The maximum Gasteiger partial charge on any atom is 0.435 e. The van der Waals surface area contributed by atoms with Gasteiger partial charge in [-0.2, -0.15) is 35.1 Å². The number of halogens is 10. The largest absolute Gasteiger partial charge is 0.506 e. The number of phenols is 1. The Morgan fingerprint density at radius 1 is 0.875 bits per heavy atom. The molecule has 0 radical (unpaired) electrons. The third-order valence-electron chi connectivity index (χ3n) is 5.15. The minimum atomic E-state index is -6.67. The van der Waals surface area contributed by atoms with Gasteiger partial charge in [-0.1, -0.05) is 6.07 Å². The van der Waals surface area contributed by atoms with Crippen LogP contribution in [0.25, 0.3) is 0 Å². The molecule has 2 amide bonds. The number of phenolic OH excluding ortho intramolecular Hbond substituents is 1. The Bertz CT molecular complexity index is 1400. The Balaban J connectivity index is 2.02. The van der Waals surface area contributed by atoms with Crippen LogP contribution in [0.3, 0.4) is 0 Å². The predicted octanol–water partition coefficient (Wildman–Crippen LogP) is 6.32. The van der Waals surface area contributed by atoms with Gasteiger partial charge in [-0.15, -0.1) is 0 Å². The molecule has 3 rings (SSSR count). The van der Waals surface area contributed by atoms with Crippen LogP contribution in [0.4, 0.5) is 55.3 Å². The molecule has 1 aromatic heterocycles. The molecule has 0 atom stereocenters. The Morgan fingerprint density at radius 3 is 2.02 bits per heavy atom. The first-order valence-electron chi connectivity index (χ1n) is 10.4. The highest BCUT2D eigenvalue weighted by Crippen LogP contribution is 2.55. The van der Waals surface area contributed by atoms with Gasteiger partial charge < -0.3 is 20.5 Å². The summed E-state index contributed by atoms with van der Waals surface area (Å²) in [6.07, 6.45) is -10.8. The number of aromatic hydroxyl groups is 1. The van der Waals surface area contributed by atoms with Crippen LogP contribution in [-0.2, 0) is 5.67 Å². The lowest BCUT2D eigenvalue weighted by atomic mass is 9.93. The van der Waals surface area contributed by atoms with Crippen LogP contribution in [0, 0.1) is 5.82 Å². The second kappa shape index (κ2) is 10.9. The van der Waals surface area contributed by atoms with E-state index in [1.165, 1.54) is 24.5 Å². The number of aromatic nitrogens is 1. The monoisotopic (exact) mass is 585 g/mol. The van der Waals surface area contributed by atoms with Gasteiger partial charge in [0.1, 0.15) is 11.4 Å². The molecule has 0 aliphatic heterocycles. The van der Waals surface area contributed by atoms with Gasteiger partial charge in [0.05, 0.1) is 11.3 Å². The van der Waals surface area contributed by atoms with Gasteiger partial charge in [-0.25, -0.2) is 8.78 Å². The van der Waals surface area contributed by atoms with Crippen molar-refractivity contribution in [1.82, 2.24) is 4.98 Å².